The average Bonchev–Trinajstić information content (AvgIpc) is 1.97. The van der Waals surface area contributed by atoms with Gasteiger partial charge in [0.25, 0.3) is 0 Å². The van der Waals surface area contributed by atoms with Gasteiger partial charge in [0.15, 0.2) is 6.29 Å². The summed E-state index contributed by atoms with van der Waals surface area (Å²) in [5, 5.41) is 9.57. The quantitative estimate of drug-likeness (QED) is 0.656. The molecule has 0 fully saturated rings. The van der Waals surface area contributed by atoms with Crippen molar-refractivity contribution >= 4 is 17.9 Å². The summed E-state index contributed by atoms with van der Waals surface area (Å²) in [7, 11) is 0. The highest BCUT2D eigenvalue weighted by atomic mass is 35.5. The van der Waals surface area contributed by atoms with Crippen LogP contribution in [0.3, 0.4) is 0 Å². The van der Waals surface area contributed by atoms with Crippen LogP contribution in [0.5, 0.6) is 5.75 Å². The molecule has 2 nitrogen and oxygen atoms in total. The lowest BCUT2D eigenvalue weighted by Crippen LogP contribution is -1.83. The number of phenolic OH excluding ortho intramolecular Hbond substituents is 1. The van der Waals surface area contributed by atoms with Crippen molar-refractivity contribution in [2.24, 2.45) is 0 Å². The first-order chi connectivity index (χ1) is 5.15. The lowest BCUT2D eigenvalue weighted by Gasteiger charge is -2.00. The number of halogens is 1. The third-order valence-corrected chi connectivity index (χ3v) is 1.84. The van der Waals surface area contributed by atoms with Crippen molar-refractivity contribution in [3.8, 4) is 5.75 Å². The molecule has 0 aliphatic heterocycles. The maximum absolute atomic E-state index is 10.3. The summed E-state index contributed by atoms with van der Waals surface area (Å²) in [6.07, 6.45) is 0.596. The molecule has 0 aliphatic rings. The fourth-order valence-corrected chi connectivity index (χ4v) is 0.946. The molecule has 0 aromatic heterocycles. The van der Waals surface area contributed by atoms with Gasteiger partial charge < -0.3 is 5.11 Å². The van der Waals surface area contributed by atoms with Gasteiger partial charge in [-0.1, -0.05) is 11.6 Å². The Kier molecular flexibility index (Phi) is 2.15. The van der Waals surface area contributed by atoms with Crippen LogP contribution in [0, 0.1) is 6.92 Å². The maximum atomic E-state index is 10.3. The van der Waals surface area contributed by atoms with Gasteiger partial charge in [-0.3, -0.25) is 4.79 Å². The molecule has 1 aromatic rings. The third-order valence-electron chi connectivity index (χ3n) is 1.43. The number of carbonyl (C=O) groups is 1. The zero-order chi connectivity index (χ0) is 8.43. The van der Waals surface area contributed by atoms with Crippen molar-refractivity contribution in [1.29, 1.82) is 0 Å². The molecule has 1 N–H and O–H groups in total. The molecule has 0 saturated carbocycles. The second kappa shape index (κ2) is 2.93. The Labute approximate surface area is 69.4 Å². The first-order valence-electron chi connectivity index (χ1n) is 3.09. The predicted octanol–water partition coefficient (Wildman–Crippen LogP) is 2.17. The molecule has 58 valence electrons. The van der Waals surface area contributed by atoms with E-state index in [1.165, 1.54) is 6.07 Å². The van der Waals surface area contributed by atoms with Gasteiger partial charge in [-0.15, -0.1) is 0 Å². The van der Waals surface area contributed by atoms with Crippen LogP contribution in [0.15, 0.2) is 12.1 Å². The summed E-state index contributed by atoms with van der Waals surface area (Å²) >= 11 is 5.67. The summed E-state index contributed by atoms with van der Waals surface area (Å²) in [5.74, 6) is -0.0735. The minimum absolute atomic E-state index is 0.0735. The minimum atomic E-state index is -0.0735. The number of benzene rings is 1. The molecule has 0 heterocycles. The molecule has 0 saturated heterocycles. The lowest BCUT2D eigenvalue weighted by molar-refractivity contribution is 0.112. The zero-order valence-corrected chi connectivity index (χ0v) is 6.72. The van der Waals surface area contributed by atoms with E-state index in [2.05, 4.69) is 0 Å². The van der Waals surface area contributed by atoms with Crippen LogP contribution in [0.25, 0.3) is 0 Å². The summed E-state index contributed by atoms with van der Waals surface area (Å²) in [4.78, 5) is 10.3. The van der Waals surface area contributed by atoms with Crippen LogP contribution in [-0.4, -0.2) is 11.4 Å². The number of rotatable bonds is 1. The van der Waals surface area contributed by atoms with E-state index in [0.29, 0.717) is 11.3 Å². The summed E-state index contributed by atoms with van der Waals surface area (Å²) in [5.41, 5.74) is 1.05. The Morgan fingerprint density at radius 2 is 2.18 bits per heavy atom. The number of aryl methyl sites for hydroxylation is 1. The van der Waals surface area contributed by atoms with Crippen LogP contribution in [0.2, 0.25) is 5.02 Å². The number of aldehydes is 1. The first kappa shape index (κ1) is 8.08. The van der Waals surface area contributed by atoms with Gasteiger partial charge >= 0.3 is 0 Å². The highest BCUT2D eigenvalue weighted by Gasteiger charge is 2.02. The van der Waals surface area contributed by atoms with Crippen molar-refractivity contribution in [2.45, 2.75) is 6.92 Å². The molecular formula is C8H7ClO2. The molecule has 0 amide bonds. The van der Waals surface area contributed by atoms with Gasteiger partial charge in [-0.05, 0) is 24.6 Å². The lowest BCUT2D eigenvalue weighted by atomic mass is 10.1. The van der Waals surface area contributed by atoms with Crippen LogP contribution in [0.1, 0.15) is 15.9 Å². The predicted molar refractivity (Wildman–Crippen MR) is 43.2 cm³/mol. The van der Waals surface area contributed by atoms with Gasteiger partial charge in [0.1, 0.15) is 5.75 Å². The van der Waals surface area contributed by atoms with Crippen LogP contribution in [0.4, 0.5) is 0 Å². The van der Waals surface area contributed by atoms with Gasteiger partial charge in [0.05, 0.1) is 5.56 Å². The normalized spacial score (nSPS) is 9.64. The van der Waals surface area contributed by atoms with Crippen molar-refractivity contribution in [1.82, 2.24) is 0 Å². The number of hydrogen-bond donors (Lipinski definition) is 1. The minimum Gasteiger partial charge on any atom is -0.507 e. The van der Waals surface area contributed by atoms with Gasteiger partial charge in [-0.25, -0.2) is 0 Å². The van der Waals surface area contributed by atoms with Crippen molar-refractivity contribution in [3.63, 3.8) is 0 Å². The highest BCUT2D eigenvalue weighted by Crippen LogP contribution is 2.24. The van der Waals surface area contributed by atoms with Crippen LogP contribution in [-0.2, 0) is 0 Å². The average molecular weight is 171 g/mol. The SMILES string of the molecule is Cc1cc(C=O)c(O)cc1Cl. The molecule has 0 unspecified atom stereocenters. The third kappa shape index (κ3) is 1.52. The van der Waals surface area contributed by atoms with E-state index < -0.39 is 0 Å². The van der Waals surface area contributed by atoms with E-state index >= 15 is 0 Å². The second-order valence-corrected chi connectivity index (χ2v) is 2.69. The smallest absolute Gasteiger partial charge is 0.153 e. The molecule has 1 rings (SSSR count). The Morgan fingerprint density at radius 3 is 2.73 bits per heavy atom. The van der Waals surface area contributed by atoms with Crippen LogP contribution >= 0.6 is 11.6 Å². The van der Waals surface area contributed by atoms with Gasteiger partial charge in [0, 0.05) is 5.02 Å². The van der Waals surface area contributed by atoms with Crippen molar-refractivity contribution in [2.75, 3.05) is 0 Å². The Balaban J connectivity index is 3.31. The largest absolute Gasteiger partial charge is 0.507 e. The van der Waals surface area contributed by atoms with E-state index in [9.17, 15) is 4.79 Å². The Bertz CT molecular complexity index is 294. The summed E-state index contributed by atoms with van der Waals surface area (Å²) < 4.78 is 0. The van der Waals surface area contributed by atoms with E-state index in [0.717, 1.165) is 5.56 Å². The molecule has 0 spiro atoms. The zero-order valence-electron chi connectivity index (χ0n) is 5.97. The monoisotopic (exact) mass is 170 g/mol. The van der Waals surface area contributed by atoms with Crippen LogP contribution < -0.4 is 0 Å². The second-order valence-electron chi connectivity index (χ2n) is 2.28. The molecule has 0 atom stereocenters. The molecule has 11 heavy (non-hydrogen) atoms. The number of carbonyl (C=O) groups excluding carboxylic acids is 1. The standard InChI is InChI=1S/C8H7ClO2/c1-5-2-6(4-10)8(11)3-7(5)9/h2-4,11H,1H3. The highest BCUT2D eigenvalue weighted by molar-refractivity contribution is 6.31. The maximum Gasteiger partial charge on any atom is 0.153 e. The Morgan fingerprint density at radius 1 is 1.55 bits per heavy atom. The number of aromatic hydroxyl groups is 1. The molecular weight excluding hydrogens is 164 g/mol. The van der Waals surface area contributed by atoms with E-state index in [1.807, 2.05) is 0 Å². The van der Waals surface area contributed by atoms with Crippen molar-refractivity contribution in [3.05, 3.63) is 28.3 Å². The number of hydrogen-bond acceptors (Lipinski definition) is 2. The van der Waals surface area contributed by atoms with E-state index in [4.69, 9.17) is 16.7 Å². The summed E-state index contributed by atoms with van der Waals surface area (Å²) in [6, 6.07) is 2.91. The molecule has 3 heteroatoms. The van der Waals surface area contributed by atoms with Crippen molar-refractivity contribution < 1.29 is 9.90 Å². The fraction of sp³-hybridized carbons (Fsp3) is 0.125. The van der Waals surface area contributed by atoms with Gasteiger partial charge in [-0.2, -0.15) is 0 Å². The van der Waals surface area contributed by atoms with Gasteiger partial charge in [0.2, 0.25) is 0 Å². The first-order valence-corrected chi connectivity index (χ1v) is 3.47. The van der Waals surface area contributed by atoms with E-state index in [1.54, 1.807) is 13.0 Å². The van der Waals surface area contributed by atoms with E-state index in [-0.39, 0.29) is 11.3 Å². The summed E-state index contributed by atoms with van der Waals surface area (Å²) in [6.45, 7) is 1.77. The molecule has 1 aromatic carbocycles. The number of phenols is 1. The molecule has 0 aliphatic carbocycles. The molecule has 0 bridgehead atoms. The topological polar surface area (TPSA) is 37.3 Å². The Hall–Kier alpha value is -1.02. The fourth-order valence-electron chi connectivity index (χ4n) is 0.788. The molecule has 0 radical (unpaired) electrons.